The Morgan fingerprint density at radius 3 is 2.19 bits per heavy atom. The van der Waals surface area contributed by atoms with Crippen LogP contribution in [0, 0.1) is 0 Å². The lowest BCUT2D eigenvalue weighted by Crippen LogP contribution is -2.14. The Kier molecular flexibility index (Phi) is 5.40. The zero-order valence-electron chi connectivity index (χ0n) is 13.2. The van der Waals surface area contributed by atoms with Crippen molar-refractivity contribution in [3.8, 4) is 5.75 Å². The van der Waals surface area contributed by atoms with Gasteiger partial charge in [-0.15, -0.1) is 0 Å². The Morgan fingerprint density at radius 1 is 0.952 bits per heavy atom. The summed E-state index contributed by atoms with van der Waals surface area (Å²) in [5.74, 6) is 0.882. The highest BCUT2D eigenvalue weighted by Gasteiger charge is 2.09. The molecule has 0 heterocycles. The van der Waals surface area contributed by atoms with E-state index in [2.05, 4.69) is 44.2 Å². The SMILES string of the molecule is CCc1ccc(C(N)Cc2ccc(OC)cc2)cc1CC. The minimum absolute atomic E-state index is 0.0367. The minimum Gasteiger partial charge on any atom is -0.497 e. The molecule has 2 heteroatoms. The van der Waals surface area contributed by atoms with Crippen LogP contribution >= 0.6 is 0 Å². The van der Waals surface area contributed by atoms with Gasteiger partial charge in [0.05, 0.1) is 7.11 Å². The van der Waals surface area contributed by atoms with Crippen LogP contribution in [0.1, 0.15) is 42.1 Å². The van der Waals surface area contributed by atoms with Crippen molar-refractivity contribution in [3.05, 3.63) is 64.7 Å². The molecule has 21 heavy (non-hydrogen) atoms. The lowest BCUT2D eigenvalue weighted by atomic mass is 9.94. The summed E-state index contributed by atoms with van der Waals surface area (Å²) >= 11 is 0. The summed E-state index contributed by atoms with van der Waals surface area (Å²) in [6.45, 7) is 4.40. The second kappa shape index (κ2) is 7.28. The maximum Gasteiger partial charge on any atom is 0.118 e. The predicted octanol–water partition coefficient (Wildman–Crippen LogP) is 4.06. The molecule has 1 unspecified atom stereocenters. The summed E-state index contributed by atoms with van der Waals surface area (Å²) in [6, 6.07) is 14.8. The molecule has 2 aromatic rings. The minimum atomic E-state index is 0.0367. The summed E-state index contributed by atoms with van der Waals surface area (Å²) in [5, 5.41) is 0. The van der Waals surface area contributed by atoms with Crippen molar-refractivity contribution >= 4 is 0 Å². The number of hydrogen-bond donors (Lipinski definition) is 1. The molecule has 0 spiro atoms. The van der Waals surface area contributed by atoms with Gasteiger partial charge in [-0.1, -0.05) is 44.2 Å². The van der Waals surface area contributed by atoms with Crippen molar-refractivity contribution in [2.75, 3.05) is 7.11 Å². The Hall–Kier alpha value is -1.80. The first-order valence-corrected chi connectivity index (χ1v) is 7.68. The molecule has 0 fully saturated rings. The van der Waals surface area contributed by atoms with E-state index in [9.17, 15) is 0 Å². The Bertz CT molecular complexity index is 575. The Labute approximate surface area is 127 Å². The lowest BCUT2D eigenvalue weighted by Gasteiger charge is -2.15. The third kappa shape index (κ3) is 3.85. The quantitative estimate of drug-likeness (QED) is 0.867. The fraction of sp³-hybridized carbons (Fsp3) is 0.368. The molecule has 2 N–H and O–H groups in total. The summed E-state index contributed by atoms with van der Waals surface area (Å²) in [4.78, 5) is 0. The molecular formula is C19H25NO. The first kappa shape index (κ1) is 15.6. The number of benzene rings is 2. The van der Waals surface area contributed by atoms with Crippen molar-refractivity contribution in [3.63, 3.8) is 0 Å². The van der Waals surface area contributed by atoms with E-state index in [0.29, 0.717) is 0 Å². The van der Waals surface area contributed by atoms with Crippen LogP contribution in [0.25, 0.3) is 0 Å². The predicted molar refractivity (Wildman–Crippen MR) is 88.8 cm³/mol. The standard InChI is InChI=1S/C19H25NO/c1-4-15-8-9-17(13-16(15)5-2)19(20)12-14-6-10-18(21-3)11-7-14/h6-11,13,19H,4-5,12,20H2,1-3H3. The summed E-state index contributed by atoms with van der Waals surface area (Å²) in [5.41, 5.74) is 11.7. The molecule has 0 aromatic heterocycles. The van der Waals surface area contributed by atoms with E-state index in [1.165, 1.54) is 22.3 Å². The monoisotopic (exact) mass is 283 g/mol. The fourth-order valence-electron chi connectivity index (χ4n) is 2.68. The molecule has 0 saturated carbocycles. The molecule has 0 radical (unpaired) electrons. The van der Waals surface area contributed by atoms with E-state index in [4.69, 9.17) is 10.5 Å². The molecular weight excluding hydrogens is 258 g/mol. The highest BCUT2D eigenvalue weighted by atomic mass is 16.5. The number of nitrogens with two attached hydrogens (primary N) is 1. The van der Waals surface area contributed by atoms with E-state index in [0.717, 1.165) is 25.0 Å². The van der Waals surface area contributed by atoms with E-state index in [1.54, 1.807) is 7.11 Å². The number of ether oxygens (including phenoxy) is 1. The maximum atomic E-state index is 6.38. The molecule has 2 rings (SSSR count). The van der Waals surface area contributed by atoms with Crippen molar-refractivity contribution < 1.29 is 4.74 Å². The summed E-state index contributed by atoms with van der Waals surface area (Å²) in [7, 11) is 1.68. The average molecular weight is 283 g/mol. The van der Waals surface area contributed by atoms with E-state index < -0.39 is 0 Å². The van der Waals surface area contributed by atoms with Gasteiger partial charge in [-0.05, 0) is 53.6 Å². The van der Waals surface area contributed by atoms with E-state index in [1.807, 2.05) is 12.1 Å². The van der Waals surface area contributed by atoms with Gasteiger partial charge in [0.2, 0.25) is 0 Å². The highest BCUT2D eigenvalue weighted by Crippen LogP contribution is 2.22. The largest absolute Gasteiger partial charge is 0.497 e. The second-order valence-electron chi connectivity index (χ2n) is 5.39. The van der Waals surface area contributed by atoms with Gasteiger partial charge in [-0.2, -0.15) is 0 Å². The zero-order valence-corrected chi connectivity index (χ0v) is 13.2. The number of rotatable bonds is 6. The highest BCUT2D eigenvalue weighted by molar-refractivity contribution is 5.35. The number of methoxy groups -OCH3 is 1. The number of aryl methyl sites for hydroxylation is 2. The van der Waals surface area contributed by atoms with Gasteiger partial charge in [0.25, 0.3) is 0 Å². The van der Waals surface area contributed by atoms with Crippen molar-refractivity contribution in [2.24, 2.45) is 5.73 Å². The van der Waals surface area contributed by atoms with Crippen LogP contribution in [0.4, 0.5) is 0 Å². The molecule has 0 aliphatic rings. The summed E-state index contributed by atoms with van der Waals surface area (Å²) < 4.78 is 5.18. The van der Waals surface area contributed by atoms with Gasteiger partial charge in [0, 0.05) is 6.04 Å². The third-order valence-electron chi connectivity index (χ3n) is 4.03. The molecule has 0 aliphatic carbocycles. The van der Waals surface area contributed by atoms with Gasteiger partial charge in [0.15, 0.2) is 0 Å². The van der Waals surface area contributed by atoms with Crippen LogP contribution in [0.15, 0.2) is 42.5 Å². The second-order valence-corrected chi connectivity index (χ2v) is 5.39. The first-order valence-electron chi connectivity index (χ1n) is 7.68. The molecule has 0 bridgehead atoms. The first-order chi connectivity index (χ1) is 10.2. The van der Waals surface area contributed by atoms with Crippen LogP contribution in [-0.4, -0.2) is 7.11 Å². The Morgan fingerprint density at radius 2 is 1.62 bits per heavy atom. The van der Waals surface area contributed by atoms with Gasteiger partial charge in [0.1, 0.15) is 5.75 Å². The molecule has 2 nitrogen and oxygen atoms in total. The molecule has 1 atom stereocenters. The topological polar surface area (TPSA) is 35.2 Å². The van der Waals surface area contributed by atoms with Crippen molar-refractivity contribution in [1.29, 1.82) is 0 Å². The third-order valence-corrected chi connectivity index (χ3v) is 4.03. The van der Waals surface area contributed by atoms with Gasteiger partial charge >= 0.3 is 0 Å². The van der Waals surface area contributed by atoms with Crippen LogP contribution in [-0.2, 0) is 19.3 Å². The zero-order chi connectivity index (χ0) is 15.2. The Balaban J connectivity index is 2.13. The van der Waals surface area contributed by atoms with E-state index >= 15 is 0 Å². The summed E-state index contributed by atoms with van der Waals surface area (Å²) in [6.07, 6.45) is 2.99. The van der Waals surface area contributed by atoms with Crippen LogP contribution in [0.5, 0.6) is 5.75 Å². The molecule has 0 saturated heterocycles. The maximum absolute atomic E-state index is 6.38. The van der Waals surface area contributed by atoms with Gasteiger partial charge < -0.3 is 10.5 Å². The van der Waals surface area contributed by atoms with E-state index in [-0.39, 0.29) is 6.04 Å². The van der Waals surface area contributed by atoms with Gasteiger partial charge in [-0.3, -0.25) is 0 Å². The normalized spacial score (nSPS) is 12.2. The molecule has 0 aliphatic heterocycles. The average Bonchev–Trinajstić information content (AvgIpc) is 2.54. The molecule has 0 amide bonds. The lowest BCUT2D eigenvalue weighted by molar-refractivity contribution is 0.414. The van der Waals surface area contributed by atoms with Crippen LogP contribution < -0.4 is 10.5 Å². The smallest absolute Gasteiger partial charge is 0.118 e. The fourth-order valence-corrected chi connectivity index (χ4v) is 2.68. The van der Waals surface area contributed by atoms with Crippen molar-refractivity contribution in [2.45, 2.75) is 39.2 Å². The molecule has 112 valence electrons. The van der Waals surface area contributed by atoms with Crippen LogP contribution in [0.3, 0.4) is 0 Å². The number of hydrogen-bond acceptors (Lipinski definition) is 2. The molecule has 2 aromatic carbocycles. The van der Waals surface area contributed by atoms with Crippen LogP contribution in [0.2, 0.25) is 0 Å². The van der Waals surface area contributed by atoms with Crippen molar-refractivity contribution in [1.82, 2.24) is 0 Å². The van der Waals surface area contributed by atoms with Gasteiger partial charge in [-0.25, -0.2) is 0 Å².